The molecule has 1 aromatic carbocycles. The second kappa shape index (κ2) is 7.35. The number of aliphatic hydroxyl groups is 1. The minimum absolute atomic E-state index is 0.107. The van der Waals surface area contributed by atoms with Crippen molar-refractivity contribution in [2.24, 2.45) is 5.41 Å². The van der Waals surface area contributed by atoms with Crippen LogP contribution in [-0.2, 0) is 17.6 Å². The number of H-pyrrole nitrogens is 1. The number of nitrogens with zero attached hydrogens (tertiary/aromatic N) is 1. The first kappa shape index (κ1) is 17.6. The number of carbonyl (C=O) groups is 1. The van der Waals surface area contributed by atoms with Gasteiger partial charge in [-0.2, -0.15) is 5.10 Å². The van der Waals surface area contributed by atoms with Crippen molar-refractivity contribution < 1.29 is 14.3 Å². The standard InChI is InChI=1S/C19H24FN3O2/c1-13-9-16(23-22-13)10-18(25)21-12-19(8-2-3-17(19)24)11-14-4-6-15(20)7-5-14/h4-7,9,17,24H,2-3,8,10-12H2,1H3,(H,21,25)(H,22,23). The molecule has 1 fully saturated rings. The molecule has 5 nitrogen and oxygen atoms in total. The molecule has 1 aromatic heterocycles. The van der Waals surface area contributed by atoms with Gasteiger partial charge in [-0.3, -0.25) is 9.89 Å². The average Bonchev–Trinajstić information content (AvgIpc) is 3.14. The summed E-state index contributed by atoms with van der Waals surface area (Å²) in [6.45, 7) is 2.30. The molecule has 6 heteroatoms. The Hall–Kier alpha value is -2.21. The van der Waals surface area contributed by atoms with Gasteiger partial charge < -0.3 is 10.4 Å². The van der Waals surface area contributed by atoms with Crippen LogP contribution in [0.2, 0.25) is 0 Å². The molecule has 3 rings (SSSR count). The molecule has 134 valence electrons. The van der Waals surface area contributed by atoms with Crippen molar-refractivity contribution in [3.8, 4) is 0 Å². The lowest BCUT2D eigenvalue weighted by molar-refractivity contribution is -0.121. The number of benzene rings is 1. The number of halogens is 1. The topological polar surface area (TPSA) is 78.0 Å². The Labute approximate surface area is 146 Å². The lowest BCUT2D eigenvalue weighted by Crippen LogP contribution is -2.44. The summed E-state index contributed by atoms with van der Waals surface area (Å²) in [5.74, 6) is -0.378. The maximum atomic E-state index is 13.1. The van der Waals surface area contributed by atoms with E-state index in [9.17, 15) is 14.3 Å². The minimum atomic E-state index is -0.467. The molecule has 0 spiro atoms. The summed E-state index contributed by atoms with van der Waals surface area (Å²) in [6, 6.07) is 8.21. The molecule has 2 atom stereocenters. The van der Waals surface area contributed by atoms with Crippen molar-refractivity contribution in [1.82, 2.24) is 15.5 Å². The number of aromatic amines is 1. The maximum absolute atomic E-state index is 13.1. The minimum Gasteiger partial charge on any atom is -0.392 e. The summed E-state index contributed by atoms with van der Waals surface area (Å²) in [5.41, 5.74) is 2.20. The normalized spacial score (nSPS) is 22.9. The molecule has 0 aliphatic heterocycles. The summed E-state index contributed by atoms with van der Waals surface area (Å²) < 4.78 is 13.1. The molecule has 1 amide bonds. The number of hydrogen-bond acceptors (Lipinski definition) is 3. The third-order valence-electron chi connectivity index (χ3n) is 5.07. The Balaban J connectivity index is 1.64. The molecule has 1 aliphatic carbocycles. The number of nitrogens with one attached hydrogen (secondary N) is 2. The highest BCUT2D eigenvalue weighted by Crippen LogP contribution is 2.40. The van der Waals surface area contributed by atoms with Crippen molar-refractivity contribution in [3.63, 3.8) is 0 Å². The van der Waals surface area contributed by atoms with Gasteiger partial charge in [-0.1, -0.05) is 18.6 Å². The zero-order valence-corrected chi connectivity index (χ0v) is 14.4. The molecule has 2 unspecified atom stereocenters. The molecule has 0 radical (unpaired) electrons. The van der Waals surface area contributed by atoms with Crippen LogP contribution in [0.3, 0.4) is 0 Å². The maximum Gasteiger partial charge on any atom is 0.226 e. The Morgan fingerprint density at radius 1 is 1.44 bits per heavy atom. The molecular weight excluding hydrogens is 321 g/mol. The van der Waals surface area contributed by atoms with Crippen LogP contribution >= 0.6 is 0 Å². The Bertz CT molecular complexity index is 729. The van der Waals surface area contributed by atoms with Crippen molar-refractivity contribution in [2.75, 3.05) is 6.54 Å². The van der Waals surface area contributed by atoms with Crippen molar-refractivity contribution in [2.45, 2.75) is 45.1 Å². The Morgan fingerprint density at radius 3 is 2.80 bits per heavy atom. The number of aryl methyl sites for hydroxylation is 1. The van der Waals surface area contributed by atoms with E-state index in [2.05, 4.69) is 15.5 Å². The number of hydrogen-bond donors (Lipinski definition) is 3. The van der Waals surface area contributed by atoms with Crippen LogP contribution in [0.15, 0.2) is 30.3 Å². The molecular formula is C19H24FN3O2. The molecule has 25 heavy (non-hydrogen) atoms. The zero-order valence-electron chi connectivity index (χ0n) is 14.4. The number of aliphatic hydroxyl groups excluding tert-OH is 1. The SMILES string of the molecule is Cc1cc(CC(=O)NCC2(Cc3ccc(F)cc3)CCCC2O)n[nH]1. The van der Waals surface area contributed by atoms with Gasteiger partial charge >= 0.3 is 0 Å². The fourth-order valence-electron chi connectivity index (χ4n) is 3.67. The number of amides is 1. The van der Waals surface area contributed by atoms with E-state index in [4.69, 9.17) is 0 Å². The highest BCUT2D eigenvalue weighted by Gasteiger charge is 2.42. The second-order valence-electron chi connectivity index (χ2n) is 7.07. The van der Waals surface area contributed by atoms with E-state index < -0.39 is 11.5 Å². The van der Waals surface area contributed by atoms with Crippen LogP contribution in [0.25, 0.3) is 0 Å². The van der Waals surface area contributed by atoms with Crippen LogP contribution in [0.1, 0.15) is 36.2 Å². The average molecular weight is 345 g/mol. The summed E-state index contributed by atoms with van der Waals surface area (Å²) >= 11 is 0. The first-order valence-electron chi connectivity index (χ1n) is 8.67. The number of carbonyl (C=O) groups excluding carboxylic acids is 1. The molecule has 3 N–H and O–H groups in total. The monoisotopic (exact) mass is 345 g/mol. The quantitative estimate of drug-likeness (QED) is 0.752. The van der Waals surface area contributed by atoms with E-state index in [1.54, 1.807) is 12.1 Å². The van der Waals surface area contributed by atoms with Crippen LogP contribution < -0.4 is 5.32 Å². The van der Waals surface area contributed by atoms with E-state index in [1.807, 2.05) is 13.0 Å². The summed E-state index contributed by atoms with van der Waals surface area (Å²) in [7, 11) is 0. The van der Waals surface area contributed by atoms with Gasteiger partial charge in [0.2, 0.25) is 5.91 Å². The van der Waals surface area contributed by atoms with E-state index >= 15 is 0 Å². The molecule has 1 saturated carbocycles. The van der Waals surface area contributed by atoms with Crippen LogP contribution in [0, 0.1) is 18.2 Å². The lowest BCUT2D eigenvalue weighted by atomic mass is 9.78. The molecule has 1 heterocycles. The second-order valence-corrected chi connectivity index (χ2v) is 7.07. The van der Waals surface area contributed by atoms with Crippen LogP contribution in [0.4, 0.5) is 4.39 Å². The van der Waals surface area contributed by atoms with Crippen molar-refractivity contribution in [3.05, 3.63) is 53.1 Å². The zero-order chi connectivity index (χ0) is 17.9. The Morgan fingerprint density at radius 2 is 2.20 bits per heavy atom. The highest BCUT2D eigenvalue weighted by atomic mass is 19.1. The van der Waals surface area contributed by atoms with Gasteiger partial charge in [0.05, 0.1) is 18.2 Å². The number of rotatable bonds is 6. The van der Waals surface area contributed by atoms with Crippen LogP contribution in [0.5, 0.6) is 0 Å². The van der Waals surface area contributed by atoms with Gasteiger partial charge in [0.25, 0.3) is 0 Å². The van der Waals surface area contributed by atoms with Crippen molar-refractivity contribution in [1.29, 1.82) is 0 Å². The van der Waals surface area contributed by atoms with Crippen LogP contribution in [-0.4, -0.2) is 33.9 Å². The number of aromatic nitrogens is 2. The largest absolute Gasteiger partial charge is 0.392 e. The summed E-state index contributed by atoms with van der Waals surface area (Å²) in [6.07, 6.45) is 2.87. The predicted molar refractivity (Wildman–Crippen MR) is 92.4 cm³/mol. The van der Waals surface area contributed by atoms with Gasteiger partial charge in [-0.15, -0.1) is 0 Å². The molecule has 1 aliphatic rings. The third kappa shape index (κ3) is 4.25. The van der Waals surface area contributed by atoms with E-state index in [0.717, 1.165) is 30.5 Å². The first-order valence-corrected chi connectivity index (χ1v) is 8.67. The molecule has 2 aromatic rings. The van der Waals surface area contributed by atoms with Gasteiger partial charge in [0.1, 0.15) is 5.82 Å². The highest BCUT2D eigenvalue weighted by molar-refractivity contribution is 5.78. The lowest BCUT2D eigenvalue weighted by Gasteiger charge is -2.33. The van der Waals surface area contributed by atoms with Gasteiger partial charge in [-0.05, 0) is 49.9 Å². The van der Waals surface area contributed by atoms with E-state index in [0.29, 0.717) is 18.7 Å². The van der Waals surface area contributed by atoms with Gasteiger partial charge in [-0.25, -0.2) is 4.39 Å². The fourth-order valence-corrected chi connectivity index (χ4v) is 3.67. The molecule has 0 saturated heterocycles. The fraction of sp³-hybridized carbons (Fsp3) is 0.474. The smallest absolute Gasteiger partial charge is 0.226 e. The van der Waals surface area contributed by atoms with Gasteiger partial charge in [0, 0.05) is 17.7 Å². The third-order valence-corrected chi connectivity index (χ3v) is 5.07. The Kier molecular flexibility index (Phi) is 5.18. The predicted octanol–water partition coefficient (Wildman–Crippen LogP) is 2.29. The van der Waals surface area contributed by atoms with Gasteiger partial charge in [0.15, 0.2) is 0 Å². The van der Waals surface area contributed by atoms with Crippen molar-refractivity contribution >= 4 is 5.91 Å². The summed E-state index contributed by atoms with van der Waals surface area (Å²) in [5, 5.41) is 20.4. The van der Waals surface area contributed by atoms with E-state index in [1.165, 1.54) is 12.1 Å². The summed E-state index contributed by atoms with van der Waals surface area (Å²) in [4.78, 5) is 12.2. The van der Waals surface area contributed by atoms with E-state index in [-0.39, 0.29) is 18.1 Å². The molecule has 0 bridgehead atoms. The first-order chi connectivity index (χ1) is 12.0.